The van der Waals surface area contributed by atoms with Gasteiger partial charge in [0.05, 0.1) is 24.1 Å². The van der Waals surface area contributed by atoms with Crippen LogP contribution in [-0.4, -0.2) is 27.3 Å². The molecule has 9 heteroatoms. The van der Waals surface area contributed by atoms with E-state index in [1.807, 2.05) is 6.92 Å². The Balaban J connectivity index is 1.47. The highest BCUT2D eigenvalue weighted by atomic mass is 19.4. The van der Waals surface area contributed by atoms with Gasteiger partial charge in [-0.25, -0.2) is 9.67 Å². The van der Waals surface area contributed by atoms with Gasteiger partial charge < -0.3 is 10.1 Å². The maximum atomic E-state index is 13.7. The van der Waals surface area contributed by atoms with Gasteiger partial charge in [0, 0.05) is 18.8 Å². The van der Waals surface area contributed by atoms with Gasteiger partial charge in [-0.3, -0.25) is 4.79 Å². The molecule has 0 atom stereocenters. The van der Waals surface area contributed by atoms with Crippen molar-refractivity contribution in [2.45, 2.75) is 32.5 Å². The summed E-state index contributed by atoms with van der Waals surface area (Å²) in [6, 6.07) is 9.82. The average molecular weight is 430 g/mol. The molecule has 0 aliphatic heterocycles. The molecule has 0 radical (unpaired) electrons. The number of halogens is 3. The number of aryl methyl sites for hydroxylation is 1. The van der Waals surface area contributed by atoms with E-state index in [1.165, 1.54) is 31.2 Å². The Morgan fingerprint density at radius 3 is 2.52 bits per heavy atom. The lowest BCUT2D eigenvalue weighted by molar-refractivity contribution is -0.143. The van der Waals surface area contributed by atoms with Crippen molar-refractivity contribution in [1.29, 1.82) is 0 Å². The summed E-state index contributed by atoms with van der Waals surface area (Å²) in [4.78, 5) is 16.7. The van der Waals surface area contributed by atoms with Crippen LogP contribution in [0.5, 0.6) is 5.88 Å². The molecule has 0 spiro atoms. The Morgan fingerprint density at radius 1 is 1.16 bits per heavy atom. The lowest BCUT2D eigenvalue weighted by Crippen LogP contribution is -2.26. The minimum absolute atomic E-state index is 0.0295. The highest BCUT2D eigenvalue weighted by molar-refractivity contribution is 5.95. The number of amides is 1. The van der Waals surface area contributed by atoms with Gasteiger partial charge >= 0.3 is 6.18 Å². The summed E-state index contributed by atoms with van der Waals surface area (Å²) in [6.45, 7) is 2.49. The fraction of sp³-hybridized carbons (Fsp3) is 0.318. The normalized spacial score (nSPS) is 13.8. The van der Waals surface area contributed by atoms with Gasteiger partial charge in [0.15, 0.2) is 5.69 Å². The molecule has 0 unspecified atom stereocenters. The van der Waals surface area contributed by atoms with E-state index >= 15 is 0 Å². The van der Waals surface area contributed by atoms with Crippen LogP contribution in [0.1, 0.15) is 40.0 Å². The minimum Gasteiger partial charge on any atom is -0.477 e. The lowest BCUT2D eigenvalue weighted by atomic mass is 10.2. The molecule has 162 valence electrons. The third-order valence-corrected chi connectivity index (χ3v) is 4.98. The molecule has 31 heavy (non-hydrogen) atoms. The zero-order valence-electron chi connectivity index (χ0n) is 16.8. The summed E-state index contributed by atoms with van der Waals surface area (Å²) in [5.74, 6) is 0.227. The first-order valence-corrected chi connectivity index (χ1v) is 9.89. The van der Waals surface area contributed by atoms with Crippen molar-refractivity contribution in [2.24, 2.45) is 5.92 Å². The molecule has 6 nitrogen and oxygen atoms in total. The Morgan fingerprint density at radius 2 is 1.90 bits per heavy atom. The summed E-state index contributed by atoms with van der Waals surface area (Å²) in [6.07, 6.45) is 0.0548. The molecule has 0 bridgehead atoms. The van der Waals surface area contributed by atoms with Gasteiger partial charge in [-0.05, 0) is 43.4 Å². The van der Waals surface area contributed by atoms with Crippen molar-refractivity contribution in [2.75, 3.05) is 6.61 Å². The van der Waals surface area contributed by atoms with Crippen LogP contribution in [0, 0.1) is 12.8 Å². The number of hydrogen-bond acceptors (Lipinski definition) is 4. The van der Waals surface area contributed by atoms with Crippen LogP contribution in [0.3, 0.4) is 0 Å². The molecule has 1 aliphatic rings. The van der Waals surface area contributed by atoms with Gasteiger partial charge in [0.2, 0.25) is 5.88 Å². The molecule has 2 heterocycles. The maximum absolute atomic E-state index is 13.7. The van der Waals surface area contributed by atoms with E-state index < -0.39 is 23.3 Å². The van der Waals surface area contributed by atoms with E-state index in [2.05, 4.69) is 15.4 Å². The van der Waals surface area contributed by atoms with Crippen molar-refractivity contribution in [3.63, 3.8) is 0 Å². The molecule has 1 saturated carbocycles. The smallest absolute Gasteiger partial charge is 0.434 e. The van der Waals surface area contributed by atoms with E-state index in [1.54, 1.807) is 24.3 Å². The summed E-state index contributed by atoms with van der Waals surface area (Å²) < 4.78 is 47.5. The molecule has 1 N–H and O–H groups in total. The minimum atomic E-state index is -4.75. The number of ether oxygens (including phenoxy) is 1. The van der Waals surface area contributed by atoms with Crippen LogP contribution >= 0.6 is 0 Å². The number of hydrogen-bond donors (Lipinski definition) is 1. The lowest BCUT2D eigenvalue weighted by Gasteiger charge is -2.13. The van der Waals surface area contributed by atoms with Gasteiger partial charge in [0.25, 0.3) is 5.91 Å². The number of nitrogens with one attached hydrogen (secondary N) is 1. The third-order valence-electron chi connectivity index (χ3n) is 4.98. The predicted molar refractivity (Wildman–Crippen MR) is 107 cm³/mol. The fourth-order valence-electron chi connectivity index (χ4n) is 3.04. The summed E-state index contributed by atoms with van der Waals surface area (Å²) >= 11 is 0. The van der Waals surface area contributed by atoms with Crippen molar-refractivity contribution in [1.82, 2.24) is 20.1 Å². The number of carbonyl (C=O) groups excluding carboxylic acids is 1. The Kier molecular flexibility index (Phi) is 5.67. The SMILES string of the molecule is Cc1ccc(-n2ncc(C(=O)NCc3ccc(OCC4CC4)nc3)c2C(F)(F)F)cc1. The van der Waals surface area contributed by atoms with Crippen LogP contribution in [0.2, 0.25) is 0 Å². The Bertz CT molecular complexity index is 1060. The standard InChI is InChI=1S/C22H21F3N4O2/c1-14-2-7-17(8-3-14)29-20(22(23,24)25)18(12-28-29)21(30)27-11-16-6-9-19(26-10-16)31-13-15-4-5-15/h2-3,6-10,12,15H,4-5,11,13H2,1H3,(H,27,30). The van der Waals surface area contributed by atoms with Gasteiger partial charge in [-0.15, -0.1) is 0 Å². The van der Waals surface area contributed by atoms with Gasteiger partial charge in [0.1, 0.15) is 0 Å². The molecule has 3 aromatic rings. The zero-order chi connectivity index (χ0) is 22.0. The molecule has 2 aromatic heterocycles. The average Bonchev–Trinajstić information content (AvgIpc) is 3.46. The first kappa shape index (κ1) is 20.9. The molecular weight excluding hydrogens is 409 g/mol. The Labute approximate surface area is 177 Å². The third kappa shape index (κ3) is 5.04. The van der Waals surface area contributed by atoms with Crippen LogP contribution in [0.15, 0.2) is 48.8 Å². The largest absolute Gasteiger partial charge is 0.477 e. The predicted octanol–water partition coefficient (Wildman–Crippen LogP) is 4.31. The van der Waals surface area contributed by atoms with E-state index in [-0.39, 0.29) is 12.2 Å². The second kappa shape index (κ2) is 8.41. The molecular formula is C22H21F3N4O2. The van der Waals surface area contributed by atoms with Crippen molar-refractivity contribution in [3.8, 4) is 11.6 Å². The quantitative estimate of drug-likeness (QED) is 0.606. The monoisotopic (exact) mass is 430 g/mol. The summed E-state index contributed by atoms with van der Waals surface area (Å²) in [7, 11) is 0. The number of pyridine rings is 1. The summed E-state index contributed by atoms with van der Waals surface area (Å²) in [5, 5.41) is 6.33. The molecule has 0 saturated heterocycles. The van der Waals surface area contributed by atoms with Gasteiger partial charge in [-0.1, -0.05) is 23.8 Å². The first-order valence-electron chi connectivity index (χ1n) is 9.89. The van der Waals surface area contributed by atoms with Crippen LogP contribution in [0.25, 0.3) is 5.69 Å². The number of alkyl halides is 3. The molecule has 1 aromatic carbocycles. The number of rotatable bonds is 7. The second-order valence-corrected chi connectivity index (χ2v) is 7.59. The fourth-order valence-corrected chi connectivity index (χ4v) is 3.04. The topological polar surface area (TPSA) is 69.0 Å². The number of carbonyl (C=O) groups is 1. The van der Waals surface area contributed by atoms with E-state index in [0.29, 0.717) is 24.0 Å². The molecule has 1 aliphatic carbocycles. The van der Waals surface area contributed by atoms with E-state index in [0.717, 1.165) is 16.4 Å². The van der Waals surface area contributed by atoms with Crippen molar-refractivity contribution < 1.29 is 22.7 Å². The maximum Gasteiger partial charge on any atom is 0.434 e. The highest BCUT2D eigenvalue weighted by Crippen LogP contribution is 2.34. The number of benzene rings is 1. The van der Waals surface area contributed by atoms with Crippen LogP contribution < -0.4 is 10.1 Å². The van der Waals surface area contributed by atoms with E-state index in [4.69, 9.17) is 4.74 Å². The van der Waals surface area contributed by atoms with Crippen LogP contribution in [0.4, 0.5) is 13.2 Å². The summed E-state index contributed by atoms with van der Waals surface area (Å²) in [5.41, 5.74) is 0.121. The molecule has 1 fully saturated rings. The zero-order valence-corrected chi connectivity index (χ0v) is 16.8. The Hall–Kier alpha value is -3.36. The molecule has 1 amide bonds. The van der Waals surface area contributed by atoms with Crippen molar-refractivity contribution >= 4 is 5.91 Å². The number of aromatic nitrogens is 3. The van der Waals surface area contributed by atoms with Gasteiger partial charge in [-0.2, -0.15) is 18.3 Å². The van der Waals surface area contributed by atoms with E-state index in [9.17, 15) is 18.0 Å². The van der Waals surface area contributed by atoms with Crippen LogP contribution in [-0.2, 0) is 12.7 Å². The first-order chi connectivity index (χ1) is 14.8. The van der Waals surface area contributed by atoms with Crippen molar-refractivity contribution in [3.05, 3.63) is 71.2 Å². The molecule has 4 rings (SSSR count). The number of nitrogens with zero attached hydrogens (tertiary/aromatic N) is 3. The highest BCUT2D eigenvalue weighted by Gasteiger charge is 2.40. The second-order valence-electron chi connectivity index (χ2n) is 7.59.